The van der Waals surface area contributed by atoms with Crippen LogP contribution in [0.5, 0.6) is 11.5 Å². The molecule has 0 unspecified atom stereocenters. The Hall–Kier alpha value is -3.93. The molecule has 2 aromatic carbocycles. The number of aromatic hydroxyl groups is 1. The zero-order chi connectivity index (χ0) is 30.6. The number of ketones is 1. The van der Waals surface area contributed by atoms with Gasteiger partial charge in [-0.2, -0.15) is 0 Å². The predicted octanol–water partition coefficient (Wildman–Crippen LogP) is 3.87. The fourth-order valence-electron chi connectivity index (χ4n) is 4.75. The van der Waals surface area contributed by atoms with Crippen molar-refractivity contribution in [1.29, 1.82) is 5.41 Å². The number of phenolic OH excluding ortho intramolecular Hbond substituents is 1. The van der Waals surface area contributed by atoms with E-state index in [1.807, 2.05) is 27.7 Å². The average Bonchev–Trinajstić information content (AvgIpc) is 3.19. The molecule has 3 rings (SSSR count). The maximum Gasteiger partial charge on any atom is 0.305 e. The third kappa shape index (κ3) is 7.67. The SMILES string of the molecule is Br.CCOc1cc2c(cc1C(=O)NC)C(=N)N(CC(=O)c1cc(CN(CCC(=O)O)C(C)=O)c(O)c(C(C)(C)C)c1)C2. The molecule has 0 saturated carbocycles. The molecule has 0 aliphatic carbocycles. The lowest BCUT2D eigenvalue weighted by molar-refractivity contribution is -0.138. The van der Waals surface area contributed by atoms with E-state index in [0.717, 1.165) is 5.56 Å². The van der Waals surface area contributed by atoms with Gasteiger partial charge in [0.25, 0.3) is 5.91 Å². The van der Waals surface area contributed by atoms with Crippen molar-refractivity contribution in [2.75, 3.05) is 26.7 Å². The molecule has 12 heteroatoms. The first-order chi connectivity index (χ1) is 19.2. The maximum atomic E-state index is 13.6. The van der Waals surface area contributed by atoms with Gasteiger partial charge in [-0.1, -0.05) is 20.8 Å². The molecule has 0 aromatic heterocycles. The fourth-order valence-corrected chi connectivity index (χ4v) is 4.75. The van der Waals surface area contributed by atoms with Crippen LogP contribution in [0.4, 0.5) is 0 Å². The number of nitrogens with zero attached hydrogens (tertiary/aromatic N) is 2. The maximum absolute atomic E-state index is 13.6. The summed E-state index contributed by atoms with van der Waals surface area (Å²) in [7, 11) is 1.52. The minimum Gasteiger partial charge on any atom is -0.507 e. The summed E-state index contributed by atoms with van der Waals surface area (Å²) in [4.78, 5) is 52.2. The van der Waals surface area contributed by atoms with Crippen LogP contribution < -0.4 is 10.1 Å². The van der Waals surface area contributed by atoms with E-state index < -0.39 is 11.4 Å². The van der Waals surface area contributed by atoms with Crippen molar-refractivity contribution in [3.8, 4) is 11.5 Å². The number of phenols is 1. The minimum absolute atomic E-state index is 0. The van der Waals surface area contributed by atoms with Gasteiger partial charge >= 0.3 is 5.97 Å². The summed E-state index contributed by atoms with van der Waals surface area (Å²) in [5, 5.41) is 31.5. The van der Waals surface area contributed by atoms with Gasteiger partial charge in [-0.05, 0) is 42.2 Å². The molecule has 1 aliphatic heterocycles. The fraction of sp³-hybridized carbons (Fsp3) is 0.433. The van der Waals surface area contributed by atoms with Crippen LogP contribution >= 0.6 is 17.0 Å². The number of hydrogen-bond acceptors (Lipinski definition) is 7. The van der Waals surface area contributed by atoms with Gasteiger partial charge in [0.2, 0.25) is 5.91 Å². The van der Waals surface area contributed by atoms with Crippen molar-refractivity contribution >= 4 is 46.4 Å². The Bertz CT molecular complexity index is 1400. The number of ether oxygens (including phenoxy) is 1. The summed E-state index contributed by atoms with van der Waals surface area (Å²) in [5.41, 5.74) is 2.21. The van der Waals surface area contributed by atoms with E-state index in [0.29, 0.717) is 40.2 Å². The van der Waals surface area contributed by atoms with Gasteiger partial charge < -0.3 is 30.1 Å². The molecule has 2 aromatic rings. The first kappa shape index (κ1) is 34.3. The number of rotatable bonds is 11. The molecule has 42 heavy (non-hydrogen) atoms. The molecule has 4 N–H and O–H groups in total. The standard InChI is InChI=1S/C30H38N4O7.BrH/c1-7-41-25-12-19-14-34(28(31)21(19)13-22(25)29(40)32-6)16-24(36)18-10-20(27(39)23(11-18)30(3,4)5)15-33(17(2)35)9-8-26(37)38;/h10-13,31,39H,7-9,14-16H2,1-6H3,(H,32,40)(H,37,38);1H. The number of fused-ring (bicyclic) bond motifs is 1. The molecular formula is C30H39BrN4O7. The Kier molecular flexibility index (Phi) is 11.3. The predicted molar refractivity (Wildman–Crippen MR) is 163 cm³/mol. The van der Waals surface area contributed by atoms with E-state index in [-0.39, 0.29) is 78.8 Å². The zero-order valence-corrected chi connectivity index (χ0v) is 26.5. The van der Waals surface area contributed by atoms with Crippen LogP contribution in [0, 0.1) is 5.41 Å². The Morgan fingerprint density at radius 2 is 1.81 bits per heavy atom. The van der Waals surface area contributed by atoms with Crippen molar-refractivity contribution < 1.29 is 34.1 Å². The van der Waals surface area contributed by atoms with Crippen molar-refractivity contribution in [2.45, 2.75) is 59.5 Å². The lowest BCUT2D eigenvalue weighted by Gasteiger charge is -2.26. The van der Waals surface area contributed by atoms with E-state index in [4.69, 9.17) is 15.3 Å². The number of Topliss-reactive ketones (excluding diaryl/α,β-unsaturated/α-hetero) is 1. The lowest BCUT2D eigenvalue weighted by atomic mass is 9.83. The van der Waals surface area contributed by atoms with E-state index in [2.05, 4.69) is 5.32 Å². The highest BCUT2D eigenvalue weighted by atomic mass is 79.9. The summed E-state index contributed by atoms with van der Waals surface area (Å²) in [6.07, 6.45) is -0.255. The van der Waals surface area contributed by atoms with Gasteiger partial charge in [0.05, 0.1) is 25.1 Å². The Labute approximate surface area is 256 Å². The van der Waals surface area contributed by atoms with E-state index in [1.54, 1.807) is 23.1 Å². The van der Waals surface area contributed by atoms with Crippen molar-refractivity contribution in [3.63, 3.8) is 0 Å². The van der Waals surface area contributed by atoms with Crippen molar-refractivity contribution in [3.05, 3.63) is 57.6 Å². The molecule has 0 fully saturated rings. The van der Waals surface area contributed by atoms with Crippen LogP contribution in [0.2, 0.25) is 0 Å². The first-order valence-electron chi connectivity index (χ1n) is 13.4. The molecule has 0 atom stereocenters. The van der Waals surface area contributed by atoms with Gasteiger partial charge in [0, 0.05) is 55.9 Å². The molecule has 1 aliphatic rings. The zero-order valence-electron chi connectivity index (χ0n) is 24.8. The lowest BCUT2D eigenvalue weighted by Crippen LogP contribution is -2.32. The summed E-state index contributed by atoms with van der Waals surface area (Å²) < 4.78 is 5.65. The van der Waals surface area contributed by atoms with Crippen LogP contribution in [0.15, 0.2) is 24.3 Å². The van der Waals surface area contributed by atoms with E-state index >= 15 is 0 Å². The van der Waals surface area contributed by atoms with Crippen LogP contribution in [-0.2, 0) is 28.1 Å². The van der Waals surface area contributed by atoms with Crippen LogP contribution in [0.1, 0.15) is 84.0 Å². The minimum atomic E-state index is -1.05. The van der Waals surface area contributed by atoms with Crippen molar-refractivity contribution in [1.82, 2.24) is 15.1 Å². The van der Waals surface area contributed by atoms with Crippen LogP contribution in [-0.4, -0.2) is 76.2 Å². The second-order valence-corrected chi connectivity index (χ2v) is 11.0. The largest absolute Gasteiger partial charge is 0.507 e. The highest BCUT2D eigenvalue weighted by Crippen LogP contribution is 2.36. The number of carboxylic acid groups (broad SMARTS) is 1. The average molecular weight is 648 g/mol. The number of nitrogens with one attached hydrogen (secondary N) is 2. The van der Waals surface area contributed by atoms with Gasteiger partial charge in [-0.15, -0.1) is 17.0 Å². The monoisotopic (exact) mass is 646 g/mol. The quantitative estimate of drug-likeness (QED) is 0.268. The van der Waals surface area contributed by atoms with Gasteiger partial charge in [-0.3, -0.25) is 24.6 Å². The molecule has 1 heterocycles. The highest BCUT2D eigenvalue weighted by Gasteiger charge is 2.30. The Balaban J connectivity index is 0.00000616. The number of hydrogen-bond donors (Lipinski definition) is 4. The number of halogens is 1. The normalized spacial score (nSPS) is 12.3. The van der Waals surface area contributed by atoms with Crippen LogP contribution in [0.25, 0.3) is 0 Å². The summed E-state index contributed by atoms with van der Waals surface area (Å²) >= 11 is 0. The second-order valence-electron chi connectivity index (χ2n) is 11.0. The number of amidine groups is 1. The van der Waals surface area contributed by atoms with E-state index in [1.165, 1.54) is 24.9 Å². The third-order valence-corrected chi connectivity index (χ3v) is 6.96. The molecule has 0 radical (unpaired) electrons. The molecule has 0 spiro atoms. The molecular weight excluding hydrogens is 608 g/mol. The Morgan fingerprint density at radius 1 is 1.14 bits per heavy atom. The van der Waals surface area contributed by atoms with E-state index in [9.17, 15) is 24.3 Å². The summed E-state index contributed by atoms with van der Waals surface area (Å²) in [5.74, 6) is -1.59. The van der Waals surface area contributed by atoms with Gasteiger partial charge in [-0.25, -0.2) is 0 Å². The molecule has 2 amide bonds. The smallest absolute Gasteiger partial charge is 0.305 e. The third-order valence-electron chi connectivity index (χ3n) is 6.96. The summed E-state index contributed by atoms with van der Waals surface area (Å²) in [6.45, 7) is 9.20. The Morgan fingerprint density at radius 3 is 2.36 bits per heavy atom. The first-order valence-corrected chi connectivity index (χ1v) is 13.4. The van der Waals surface area contributed by atoms with Crippen LogP contribution in [0.3, 0.4) is 0 Å². The topological polar surface area (TPSA) is 160 Å². The second kappa shape index (κ2) is 13.8. The number of carbonyl (C=O) groups excluding carboxylic acids is 3. The molecule has 0 saturated heterocycles. The molecule has 0 bridgehead atoms. The van der Waals surface area contributed by atoms with Gasteiger partial charge in [0.1, 0.15) is 17.3 Å². The number of carbonyl (C=O) groups is 4. The number of aliphatic carboxylic acids is 1. The highest BCUT2D eigenvalue weighted by molar-refractivity contribution is 8.93. The number of carboxylic acids is 1. The number of amides is 2. The number of benzene rings is 2. The molecule has 11 nitrogen and oxygen atoms in total. The van der Waals surface area contributed by atoms with Crippen molar-refractivity contribution in [2.24, 2.45) is 0 Å². The molecule has 228 valence electrons. The summed E-state index contributed by atoms with van der Waals surface area (Å²) in [6, 6.07) is 6.48. The van der Waals surface area contributed by atoms with Gasteiger partial charge in [0.15, 0.2) is 5.78 Å².